The van der Waals surface area contributed by atoms with Gasteiger partial charge in [0.05, 0.1) is 0 Å². The number of hydrogen-bond acceptors (Lipinski definition) is 1. The molecule has 82 valence electrons. The Morgan fingerprint density at radius 1 is 1.19 bits per heavy atom. The molecular formula is C15H16O. The summed E-state index contributed by atoms with van der Waals surface area (Å²) in [5, 5.41) is 0. The van der Waals surface area contributed by atoms with E-state index in [-0.39, 0.29) is 5.60 Å². The van der Waals surface area contributed by atoms with Gasteiger partial charge in [-0.3, -0.25) is 0 Å². The van der Waals surface area contributed by atoms with Gasteiger partial charge >= 0.3 is 0 Å². The molecule has 1 nitrogen and oxygen atoms in total. The number of ether oxygens (including phenoxy) is 1. The van der Waals surface area contributed by atoms with Gasteiger partial charge in [0.1, 0.15) is 5.60 Å². The van der Waals surface area contributed by atoms with Gasteiger partial charge < -0.3 is 4.74 Å². The van der Waals surface area contributed by atoms with Crippen LogP contribution in [-0.2, 0) is 4.74 Å². The van der Waals surface area contributed by atoms with Crippen LogP contribution in [-0.4, -0.2) is 12.7 Å². The van der Waals surface area contributed by atoms with E-state index in [4.69, 9.17) is 4.74 Å². The number of allylic oxidation sites excluding steroid dienone is 2. The van der Waals surface area contributed by atoms with Crippen molar-refractivity contribution in [2.45, 2.75) is 12.0 Å². The van der Waals surface area contributed by atoms with E-state index in [2.05, 4.69) is 36.4 Å². The molecule has 1 aliphatic carbocycles. The largest absolute Gasteiger partial charge is 0.370 e. The molecule has 0 aliphatic heterocycles. The monoisotopic (exact) mass is 212 g/mol. The standard InChI is InChI=1S/C15H16O/c1-16-15(11-6-3-7-12-15)13-10-14-8-4-2-5-9-14/h2-11,13H,12H2,1H3. The molecule has 0 radical (unpaired) electrons. The Balaban J connectivity index is 2.16. The second kappa shape index (κ2) is 4.95. The van der Waals surface area contributed by atoms with E-state index >= 15 is 0 Å². The maximum Gasteiger partial charge on any atom is 0.108 e. The normalized spacial score (nSPS) is 24.1. The van der Waals surface area contributed by atoms with Crippen molar-refractivity contribution in [3.8, 4) is 0 Å². The molecule has 1 aromatic rings. The second-order valence-electron chi connectivity index (χ2n) is 3.89. The van der Waals surface area contributed by atoms with Gasteiger partial charge in [0, 0.05) is 13.5 Å². The summed E-state index contributed by atoms with van der Waals surface area (Å²) in [5.74, 6) is 0. The molecule has 1 atom stereocenters. The predicted molar refractivity (Wildman–Crippen MR) is 68.1 cm³/mol. The molecule has 0 saturated carbocycles. The maximum absolute atomic E-state index is 5.58. The first-order valence-electron chi connectivity index (χ1n) is 5.48. The van der Waals surface area contributed by atoms with Crippen LogP contribution in [0.2, 0.25) is 0 Å². The SMILES string of the molecule is COC1(C=Cc2ccccc2)C=CC=CC1. The van der Waals surface area contributed by atoms with Crippen LogP contribution in [0.5, 0.6) is 0 Å². The first-order chi connectivity index (χ1) is 7.85. The second-order valence-corrected chi connectivity index (χ2v) is 3.89. The highest BCUT2D eigenvalue weighted by Crippen LogP contribution is 2.24. The van der Waals surface area contributed by atoms with Gasteiger partial charge in [0.15, 0.2) is 0 Å². The Labute approximate surface area is 96.8 Å². The van der Waals surface area contributed by atoms with Crippen molar-refractivity contribution in [3.05, 3.63) is 66.3 Å². The predicted octanol–water partition coefficient (Wildman–Crippen LogP) is 3.60. The van der Waals surface area contributed by atoms with Crippen LogP contribution in [0, 0.1) is 0 Å². The lowest BCUT2D eigenvalue weighted by molar-refractivity contribution is 0.0766. The van der Waals surface area contributed by atoms with Gasteiger partial charge in [0.2, 0.25) is 0 Å². The maximum atomic E-state index is 5.58. The van der Waals surface area contributed by atoms with Crippen molar-refractivity contribution in [1.82, 2.24) is 0 Å². The van der Waals surface area contributed by atoms with Crippen LogP contribution in [0.25, 0.3) is 6.08 Å². The molecule has 0 fully saturated rings. The molecule has 0 saturated heterocycles. The third-order valence-electron chi connectivity index (χ3n) is 2.80. The lowest BCUT2D eigenvalue weighted by Gasteiger charge is -2.26. The third kappa shape index (κ3) is 2.50. The topological polar surface area (TPSA) is 9.23 Å². The van der Waals surface area contributed by atoms with Gasteiger partial charge in [-0.2, -0.15) is 0 Å². The zero-order valence-corrected chi connectivity index (χ0v) is 9.47. The van der Waals surface area contributed by atoms with E-state index in [1.165, 1.54) is 5.56 Å². The Bertz CT molecular complexity index is 414. The third-order valence-corrected chi connectivity index (χ3v) is 2.80. The highest BCUT2D eigenvalue weighted by molar-refractivity contribution is 5.51. The minimum atomic E-state index is -0.273. The van der Waals surface area contributed by atoms with Gasteiger partial charge in [-0.1, -0.05) is 54.6 Å². The van der Waals surface area contributed by atoms with Crippen molar-refractivity contribution in [2.24, 2.45) is 0 Å². The molecular weight excluding hydrogens is 196 g/mol. The van der Waals surface area contributed by atoms with Crippen LogP contribution in [0.3, 0.4) is 0 Å². The Morgan fingerprint density at radius 3 is 2.62 bits per heavy atom. The van der Waals surface area contributed by atoms with E-state index in [0.29, 0.717) is 0 Å². The molecule has 1 aromatic carbocycles. The molecule has 1 unspecified atom stereocenters. The molecule has 0 N–H and O–H groups in total. The van der Waals surface area contributed by atoms with E-state index in [9.17, 15) is 0 Å². The van der Waals surface area contributed by atoms with E-state index in [1.807, 2.05) is 30.4 Å². The van der Waals surface area contributed by atoms with Crippen LogP contribution >= 0.6 is 0 Å². The molecule has 1 aliphatic rings. The fraction of sp³-hybridized carbons (Fsp3) is 0.200. The molecule has 0 heterocycles. The number of benzene rings is 1. The van der Waals surface area contributed by atoms with Crippen molar-refractivity contribution in [3.63, 3.8) is 0 Å². The molecule has 1 heteroatoms. The van der Waals surface area contributed by atoms with Gasteiger partial charge in [0.25, 0.3) is 0 Å². The van der Waals surface area contributed by atoms with E-state index < -0.39 is 0 Å². The Kier molecular flexibility index (Phi) is 3.37. The van der Waals surface area contributed by atoms with Crippen LogP contribution in [0.1, 0.15) is 12.0 Å². The highest BCUT2D eigenvalue weighted by atomic mass is 16.5. The lowest BCUT2D eigenvalue weighted by atomic mass is 9.94. The minimum Gasteiger partial charge on any atom is -0.370 e. The van der Waals surface area contributed by atoms with E-state index in [0.717, 1.165) is 6.42 Å². The quantitative estimate of drug-likeness (QED) is 0.743. The number of methoxy groups -OCH3 is 1. The zero-order valence-electron chi connectivity index (χ0n) is 9.47. The summed E-state index contributed by atoms with van der Waals surface area (Å²) in [7, 11) is 1.75. The summed E-state index contributed by atoms with van der Waals surface area (Å²) in [4.78, 5) is 0. The molecule has 0 spiro atoms. The van der Waals surface area contributed by atoms with Crippen molar-refractivity contribution in [1.29, 1.82) is 0 Å². The fourth-order valence-electron chi connectivity index (χ4n) is 1.76. The van der Waals surface area contributed by atoms with E-state index in [1.54, 1.807) is 7.11 Å². The summed E-state index contributed by atoms with van der Waals surface area (Å²) >= 11 is 0. The summed E-state index contributed by atoms with van der Waals surface area (Å²) < 4.78 is 5.58. The van der Waals surface area contributed by atoms with Gasteiger partial charge in [-0.15, -0.1) is 0 Å². The van der Waals surface area contributed by atoms with Gasteiger partial charge in [-0.25, -0.2) is 0 Å². The van der Waals surface area contributed by atoms with Crippen molar-refractivity contribution in [2.75, 3.05) is 7.11 Å². The Morgan fingerprint density at radius 2 is 2.00 bits per heavy atom. The average molecular weight is 212 g/mol. The summed E-state index contributed by atoms with van der Waals surface area (Å²) in [5.41, 5.74) is 0.923. The summed E-state index contributed by atoms with van der Waals surface area (Å²) in [6, 6.07) is 10.3. The molecule has 0 bridgehead atoms. The number of rotatable bonds is 3. The summed E-state index contributed by atoms with van der Waals surface area (Å²) in [6.07, 6.45) is 13.4. The summed E-state index contributed by atoms with van der Waals surface area (Å²) in [6.45, 7) is 0. The average Bonchev–Trinajstić information content (AvgIpc) is 2.39. The fourth-order valence-corrected chi connectivity index (χ4v) is 1.76. The first kappa shape index (κ1) is 10.9. The molecule has 2 rings (SSSR count). The van der Waals surface area contributed by atoms with Crippen LogP contribution in [0.15, 0.2) is 60.7 Å². The molecule has 0 amide bonds. The lowest BCUT2D eigenvalue weighted by Crippen LogP contribution is -2.26. The van der Waals surface area contributed by atoms with Crippen LogP contribution in [0.4, 0.5) is 0 Å². The first-order valence-corrected chi connectivity index (χ1v) is 5.48. The minimum absolute atomic E-state index is 0.273. The zero-order chi connectivity index (χ0) is 11.3. The number of hydrogen-bond donors (Lipinski definition) is 0. The molecule has 0 aromatic heterocycles. The van der Waals surface area contributed by atoms with Crippen molar-refractivity contribution < 1.29 is 4.74 Å². The van der Waals surface area contributed by atoms with Crippen LogP contribution < -0.4 is 0 Å². The molecule has 16 heavy (non-hydrogen) atoms. The highest BCUT2D eigenvalue weighted by Gasteiger charge is 2.22. The van der Waals surface area contributed by atoms with Gasteiger partial charge in [-0.05, 0) is 17.7 Å². The Hall–Kier alpha value is -1.60. The smallest absolute Gasteiger partial charge is 0.108 e. The van der Waals surface area contributed by atoms with Crippen molar-refractivity contribution >= 4 is 6.08 Å².